The largest absolute Gasteiger partial charge is 0.507 e. The number of carbonyl (C=O) groups excluding carboxylic acids is 2. The third kappa shape index (κ3) is 3.93. The molecule has 174 valence electrons. The van der Waals surface area contributed by atoms with Crippen molar-refractivity contribution in [2.45, 2.75) is 19.9 Å². The first-order valence-electron chi connectivity index (χ1n) is 10.3. The van der Waals surface area contributed by atoms with Crippen LogP contribution in [0.4, 0.5) is 10.1 Å². The van der Waals surface area contributed by atoms with Crippen LogP contribution < -0.4 is 9.64 Å². The number of carbonyl (C=O) groups is 2. The Bertz CT molecular complexity index is 1370. The SMILES string of the molecule is COc1c(C)cc(C)cc1/C(O)=C1\C(=O)C(=O)N(c2ccc(Cl)c(Cl)c2)C1c1ccccc1F. The fourth-order valence-electron chi connectivity index (χ4n) is 4.27. The van der Waals surface area contributed by atoms with E-state index in [1.165, 1.54) is 43.5 Å². The van der Waals surface area contributed by atoms with E-state index in [-0.39, 0.29) is 32.4 Å². The zero-order valence-corrected chi connectivity index (χ0v) is 20.0. The Balaban J connectivity index is 2.04. The lowest BCUT2D eigenvalue weighted by molar-refractivity contribution is -0.132. The number of aliphatic hydroxyl groups is 1. The molecule has 0 aliphatic carbocycles. The molecular weight excluding hydrogens is 480 g/mol. The molecule has 1 aliphatic rings. The van der Waals surface area contributed by atoms with Crippen LogP contribution in [0, 0.1) is 19.7 Å². The van der Waals surface area contributed by atoms with Crippen molar-refractivity contribution in [3.63, 3.8) is 0 Å². The van der Waals surface area contributed by atoms with Gasteiger partial charge >= 0.3 is 0 Å². The Morgan fingerprint density at radius 3 is 2.38 bits per heavy atom. The van der Waals surface area contributed by atoms with Gasteiger partial charge in [-0.05, 0) is 55.3 Å². The van der Waals surface area contributed by atoms with Crippen LogP contribution in [0.1, 0.15) is 28.3 Å². The summed E-state index contributed by atoms with van der Waals surface area (Å²) in [6.45, 7) is 3.62. The molecule has 1 unspecified atom stereocenters. The van der Waals surface area contributed by atoms with E-state index in [0.29, 0.717) is 5.75 Å². The van der Waals surface area contributed by atoms with Gasteiger partial charge in [-0.1, -0.05) is 47.5 Å². The number of rotatable bonds is 4. The zero-order valence-electron chi connectivity index (χ0n) is 18.5. The monoisotopic (exact) mass is 499 g/mol. The van der Waals surface area contributed by atoms with Crippen molar-refractivity contribution in [2.24, 2.45) is 0 Å². The van der Waals surface area contributed by atoms with Crippen molar-refractivity contribution in [1.29, 1.82) is 0 Å². The second-order valence-electron chi connectivity index (χ2n) is 7.95. The maximum Gasteiger partial charge on any atom is 0.300 e. The minimum atomic E-state index is -1.25. The number of halogens is 3. The second kappa shape index (κ2) is 9.12. The molecule has 5 nitrogen and oxygen atoms in total. The van der Waals surface area contributed by atoms with Crippen LogP contribution in [0.5, 0.6) is 5.75 Å². The Morgan fingerprint density at radius 2 is 1.74 bits per heavy atom. The van der Waals surface area contributed by atoms with Crippen molar-refractivity contribution in [3.8, 4) is 5.75 Å². The summed E-state index contributed by atoms with van der Waals surface area (Å²) in [5, 5.41) is 11.8. The fourth-order valence-corrected chi connectivity index (χ4v) is 4.56. The highest BCUT2D eigenvalue weighted by atomic mass is 35.5. The molecule has 34 heavy (non-hydrogen) atoms. The molecular formula is C26H20Cl2FNO4. The van der Waals surface area contributed by atoms with Crippen molar-refractivity contribution < 1.29 is 23.8 Å². The number of aryl methyl sites for hydroxylation is 2. The maximum absolute atomic E-state index is 15.0. The summed E-state index contributed by atoms with van der Waals surface area (Å²) in [7, 11) is 1.44. The minimum absolute atomic E-state index is 0.0395. The van der Waals surface area contributed by atoms with Gasteiger partial charge in [-0.2, -0.15) is 0 Å². The number of benzene rings is 3. The van der Waals surface area contributed by atoms with Gasteiger partial charge in [0.25, 0.3) is 11.7 Å². The van der Waals surface area contributed by atoms with Gasteiger partial charge < -0.3 is 9.84 Å². The van der Waals surface area contributed by atoms with E-state index in [1.54, 1.807) is 19.1 Å². The summed E-state index contributed by atoms with van der Waals surface area (Å²) in [6.07, 6.45) is 0. The van der Waals surface area contributed by atoms with Gasteiger partial charge in [-0.15, -0.1) is 0 Å². The smallest absolute Gasteiger partial charge is 0.300 e. The molecule has 1 N–H and O–H groups in total. The molecule has 0 radical (unpaired) electrons. The van der Waals surface area contributed by atoms with Crippen molar-refractivity contribution in [2.75, 3.05) is 12.0 Å². The van der Waals surface area contributed by atoms with E-state index >= 15 is 4.39 Å². The van der Waals surface area contributed by atoms with Gasteiger partial charge in [-0.25, -0.2) is 4.39 Å². The van der Waals surface area contributed by atoms with Crippen LogP contribution in [-0.2, 0) is 9.59 Å². The Labute approximate surface area is 206 Å². The molecule has 1 aliphatic heterocycles. The number of nitrogens with zero attached hydrogens (tertiary/aromatic N) is 1. The van der Waals surface area contributed by atoms with Crippen LogP contribution in [0.3, 0.4) is 0 Å². The molecule has 0 spiro atoms. The highest BCUT2D eigenvalue weighted by Crippen LogP contribution is 2.45. The molecule has 4 rings (SSSR count). The number of ether oxygens (including phenoxy) is 1. The second-order valence-corrected chi connectivity index (χ2v) is 8.77. The third-order valence-electron chi connectivity index (χ3n) is 5.70. The average molecular weight is 500 g/mol. The van der Waals surface area contributed by atoms with E-state index in [9.17, 15) is 14.7 Å². The molecule has 1 heterocycles. The lowest BCUT2D eigenvalue weighted by Crippen LogP contribution is -2.29. The number of anilines is 1. The van der Waals surface area contributed by atoms with E-state index in [4.69, 9.17) is 27.9 Å². The van der Waals surface area contributed by atoms with Crippen LogP contribution in [0.15, 0.2) is 60.2 Å². The normalized spacial score (nSPS) is 17.4. The number of hydrogen-bond donors (Lipinski definition) is 1. The first-order valence-corrected chi connectivity index (χ1v) is 11.1. The van der Waals surface area contributed by atoms with Crippen LogP contribution in [0.2, 0.25) is 10.0 Å². The van der Waals surface area contributed by atoms with Crippen molar-refractivity contribution in [1.82, 2.24) is 0 Å². The van der Waals surface area contributed by atoms with E-state index < -0.39 is 29.3 Å². The zero-order chi connectivity index (χ0) is 24.7. The Kier molecular flexibility index (Phi) is 6.39. The standard InChI is InChI=1S/C26H20Cl2FNO4/c1-13-10-14(2)25(34-3)17(11-13)23(31)21-22(16-6-4-5-7-20(16)29)30(26(33)24(21)32)15-8-9-18(27)19(28)12-15/h4-12,22,31H,1-3H3/b23-21+. The molecule has 1 amide bonds. The van der Waals surface area contributed by atoms with E-state index in [1.807, 2.05) is 13.0 Å². The number of methoxy groups -OCH3 is 1. The summed E-state index contributed by atoms with van der Waals surface area (Å²) in [4.78, 5) is 27.6. The van der Waals surface area contributed by atoms with Crippen LogP contribution in [-0.4, -0.2) is 23.9 Å². The maximum atomic E-state index is 15.0. The molecule has 1 saturated heterocycles. The molecule has 0 aromatic heterocycles. The predicted molar refractivity (Wildman–Crippen MR) is 130 cm³/mol. The van der Waals surface area contributed by atoms with Gasteiger partial charge in [0.05, 0.1) is 34.3 Å². The minimum Gasteiger partial charge on any atom is -0.507 e. The molecule has 8 heteroatoms. The number of hydrogen-bond acceptors (Lipinski definition) is 4. The number of aliphatic hydroxyl groups excluding tert-OH is 1. The predicted octanol–water partition coefficient (Wildman–Crippen LogP) is 6.38. The van der Waals surface area contributed by atoms with Gasteiger partial charge in [0.15, 0.2) is 0 Å². The lowest BCUT2D eigenvalue weighted by Gasteiger charge is -2.26. The summed E-state index contributed by atoms with van der Waals surface area (Å²) >= 11 is 12.2. The number of ketones is 1. The topological polar surface area (TPSA) is 66.8 Å². The Morgan fingerprint density at radius 1 is 1.03 bits per heavy atom. The molecule has 3 aromatic carbocycles. The number of amides is 1. The van der Waals surface area contributed by atoms with Crippen molar-refractivity contribution in [3.05, 3.63) is 98.3 Å². The Hall–Kier alpha value is -3.35. The summed E-state index contributed by atoms with van der Waals surface area (Å²) in [5.74, 6) is -2.65. The molecule has 1 atom stereocenters. The molecule has 0 saturated carbocycles. The molecule has 1 fully saturated rings. The average Bonchev–Trinajstić information content (AvgIpc) is 3.05. The molecule has 0 bridgehead atoms. The first kappa shape index (κ1) is 23.8. The van der Waals surface area contributed by atoms with Gasteiger partial charge in [0, 0.05) is 11.3 Å². The van der Waals surface area contributed by atoms with E-state index in [2.05, 4.69) is 0 Å². The van der Waals surface area contributed by atoms with Gasteiger partial charge in [0.2, 0.25) is 0 Å². The van der Waals surface area contributed by atoms with Gasteiger partial charge in [0.1, 0.15) is 17.3 Å². The fraction of sp³-hybridized carbons (Fsp3) is 0.154. The highest BCUT2D eigenvalue weighted by Gasteiger charge is 2.48. The lowest BCUT2D eigenvalue weighted by atomic mass is 9.93. The number of Topliss-reactive ketones (excluding diaryl/α,β-unsaturated/α-hetero) is 1. The third-order valence-corrected chi connectivity index (χ3v) is 6.44. The first-order chi connectivity index (χ1) is 16.1. The van der Waals surface area contributed by atoms with E-state index in [0.717, 1.165) is 16.0 Å². The summed E-state index contributed by atoms with van der Waals surface area (Å²) < 4.78 is 20.5. The van der Waals surface area contributed by atoms with Crippen LogP contribution in [0.25, 0.3) is 5.76 Å². The summed E-state index contributed by atoms with van der Waals surface area (Å²) in [5.41, 5.74) is 1.78. The highest BCUT2D eigenvalue weighted by molar-refractivity contribution is 6.52. The van der Waals surface area contributed by atoms with Crippen LogP contribution >= 0.6 is 23.2 Å². The quantitative estimate of drug-likeness (QED) is 0.256. The van der Waals surface area contributed by atoms with Crippen molar-refractivity contribution >= 4 is 46.3 Å². The van der Waals surface area contributed by atoms with Gasteiger partial charge in [-0.3, -0.25) is 14.5 Å². The summed E-state index contributed by atoms with van der Waals surface area (Å²) in [6, 6.07) is 12.4. The molecule has 3 aromatic rings.